The topological polar surface area (TPSA) is 72.8 Å². The third-order valence-electron chi connectivity index (χ3n) is 3.23. The fourth-order valence-corrected chi connectivity index (χ4v) is 2.49. The lowest BCUT2D eigenvalue weighted by Crippen LogP contribution is -2.36. The van der Waals surface area contributed by atoms with Crippen molar-refractivity contribution in [3.63, 3.8) is 0 Å². The lowest BCUT2D eigenvalue weighted by atomic mass is 9.86. The van der Waals surface area contributed by atoms with Gasteiger partial charge in [0.15, 0.2) is 0 Å². The van der Waals surface area contributed by atoms with Crippen LogP contribution in [-0.4, -0.2) is 23.3 Å². The van der Waals surface area contributed by atoms with Crippen LogP contribution in [0.3, 0.4) is 0 Å². The summed E-state index contributed by atoms with van der Waals surface area (Å²) in [5, 5.41) is 9.05. The molecule has 3 atom stereocenters. The normalized spacial score (nSPS) is 31.2. The van der Waals surface area contributed by atoms with Gasteiger partial charge in [-0.3, -0.25) is 4.79 Å². The molecular weight excluding hydrogens is 224 g/mol. The van der Waals surface area contributed by atoms with Crippen LogP contribution in [0, 0.1) is 11.8 Å². The number of hydrogen-bond donors (Lipinski definition) is 1. The highest BCUT2D eigenvalue weighted by molar-refractivity contribution is 5.87. The van der Waals surface area contributed by atoms with Crippen molar-refractivity contribution in [2.24, 2.45) is 11.8 Å². The summed E-state index contributed by atoms with van der Waals surface area (Å²) in [4.78, 5) is 22.0. The highest BCUT2D eigenvalue weighted by atomic mass is 16.7. The van der Waals surface area contributed by atoms with Crippen molar-refractivity contribution < 1.29 is 24.2 Å². The van der Waals surface area contributed by atoms with Gasteiger partial charge < -0.3 is 14.6 Å². The van der Waals surface area contributed by atoms with Gasteiger partial charge in [0.1, 0.15) is 0 Å². The monoisotopic (exact) mass is 238 g/mol. The highest BCUT2D eigenvalue weighted by Crippen LogP contribution is 2.45. The number of hydrogen-bond acceptors (Lipinski definition) is 4. The average molecular weight is 238 g/mol. The van der Waals surface area contributed by atoms with Gasteiger partial charge in [-0.1, -0.05) is 12.2 Å². The molecule has 5 nitrogen and oxygen atoms in total. The van der Waals surface area contributed by atoms with Gasteiger partial charge in [0.05, 0.1) is 17.8 Å². The van der Waals surface area contributed by atoms with Crippen LogP contribution in [0.15, 0.2) is 24.0 Å². The molecule has 0 radical (unpaired) electrons. The van der Waals surface area contributed by atoms with E-state index >= 15 is 0 Å². The first-order valence-electron chi connectivity index (χ1n) is 5.44. The third kappa shape index (κ3) is 2.05. The van der Waals surface area contributed by atoms with E-state index in [0.29, 0.717) is 6.42 Å². The third-order valence-corrected chi connectivity index (χ3v) is 3.23. The molecule has 5 heteroatoms. The minimum Gasteiger partial charge on any atom is -0.478 e. The molecule has 2 rings (SSSR count). The van der Waals surface area contributed by atoms with Gasteiger partial charge in [0, 0.05) is 12.8 Å². The number of carbonyl (C=O) groups is 2. The molecule has 1 aliphatic heterocycles. The van der Waals surface area contributed by atoms with E-state index in [0.717, 1.165) is 12.0 Å². The fourth-order valence-electron chi connectivity index (χ4n) is 2.49. The van der Waals surface area contributed by atoms with E-state index in [-0.39, 0.29) is 17.4 Å². The molecule has 2 aliphatic rings. The zero-order chi connectivity index (χ0) is 12.6. The molecule has 0 saturated heterocycles. The summed E-state index contributed by atoms with van der Waals surface area (Å²) in [6.45, 7) is 5.20. The summed E-state index contributed by atoms with van der Waals surface area (Å²) in [6.07, 6.45) is 1.90. The first-order valence-corrected chi connectivity index (χ1v) is 5.44. The van der Waals surface area contributed by atoms with E-state index in [2.05, 4.69) is 6.58 Å². The molecule has 0 aromatic carbocycles. The number of ether oxygens (including phenoxy) is 2. The van der Waals surface area contributed by atoms with Crippen molar-refractivity contribution in [2.45, 2.75) is 26.1 Å². The Kier molecular flexibility index (Phi) is 2.92. The van der Waals surface area contributed by atoms with Crippen LogP contribution in [0.25, 0.3) is 0 Å². The van der Waals surface area contributed by atoms with E-state index in [1.54, 1.807) is 0 Å². The molecule has 92 valence electrons. The summed E-state index contributed by atoms with van der Waals surface area (Å²) in [5.74, 6) is -1.84. The Morgan fingerprint density at radius 2 is 2.29 bits per heavy atom. The van der Waals surface area contributed by atoms with Crippen molar-refractivity contribution in [1.29, 1.82) is 0 Å². The molecule has 0 aromatic rings. The number of esters is 1. The molecule has 2 unspecified atom stereocenters. The Bertz CT molecular complexity index is 409. The Hall–Kier alpha value is -1.78. The van der Waals surface area contributed by atoms with Gasteiger partial charge in [-0.25, -0.2) is 4.79 Å². The van der Waals surface area contributed by atoms with Gasteiger partial charge in [-0.05, 0) is 12.8 Å². The molecule has 0 amide bonds. The molecule has 17 heavy (non-hydrogen) atoms. The van der Waals surface area contributed by atoms with Crippen LogP contribution < -0.4 is 0 Å². The van der Waals surface area contributed by atoms with E-state index in [4.69, 9.17) is 14.6 Å². The summed E-state index contributed by atoms with van der Waals surface area (Å²) in [5.41, 5.74) is 1.12. The van der Waals surface area contributed by atoms with Gasteiger partial charge >= 0.3 is 11.9 Å². The SMILES string of the molecule is C=C1CCC2C(C(=O)O)=COC(OC(C)=O)[C@@H]12. The molecule has 1 heterocycles. The first-order chi connectivity index (χ1) is 8.00. The molecule has 0 bridgehead atoms. The van der Waals surface area contributed by atoms with E-state index in [9.17, 15) is 9.59 Å². The summed E-state index contributed by atoms with van der Waals surface area (Å²) >= 11 is 0. The van der Waals surface area contributed by atoms with Crippen LogP contribution >= 0.6 is 0 Å². The van der Waals surface area contributed by atoms with Gasteiger partial charge in [0.2, 0.25) is 6.29 Å². The number of aliphatic carboxylic acids is 1. The Morgan fingerprint density at radius 3 is 2.88 bits per heavy atom. The number of fused-ring (bicyclic) bond motifs is 1. The zero-order valence-corrected chi connectivity index (χ0v) is 9.51. The van der Waals surface area contributed by atoms with E-state index in [1.165, 1.54) is 13.2 Å². The van der Waals surface area contributed by atoms with Crippen LogP contribution in [-0.2, 0) is 19.1 Å². The van der Waals surface area contributed by atoms with E-state index < -0.39 is 18.2 Å². The smallest absolute Gasteiger partial charge is 0.334 e. The second-order valence-corrected chi connectivity index (χ2v) is 4.32. The standard InChI is InChI=1S/C12H14O5/c1-6-3-4-8-9(11(14)15)5-16-12(10(6)8)17-7(2)13/h5,8,10,12H,1,3-4H2,2H3,(H,14,15)/t8?,10-,12?/m0/s1. The molecule has 1 saturated carbocycles. The Morgan fingerprint density at radius 1 is 1.59 bits per heavy atom. The minimum atomic E-state index is -0.990. The number of rotatable bonds is 2. The lowest BCUT2D eigenvalue weighted by Gasteiger charge is -2.32. The molecule has 1 aliphatic carbocycles. The predicted molar refractivity (Wildman–Crippen MR) is 57.7 cm³/mol. The molecule has 0 aromatic heterocycles. The Balaban J connectivity index is 2.27. The molecule has 1 N–H and O–H groups in total. The Labute approximate surface area is 98.7 Å². The maximum atomic E-state index is 11.0. The first kappa shape index (κ1) is 11.7. The maximum absolute atomic E-state index is 11.0. The van der Waals surface area contributed by atoms with Crippen molar-refractivity contribution in [3.05, 3.63) is 24.0 Å². The minimum absolute atomic E-state index is 0.168. The van der Waals surface area contributed by atoms with Gasteiger partial charge in [-0.2, -0.15) is 0 Å². The number of carboxylic acids is 1. The van der Waals surface area contributed by atoms with Gasteiger partial charge in [0.25, 0.3) is 0 Å². The van der Waals surface area contributed by atoms with Crippen molar-refractivity contribution in [1.82, 2.24) is 0 Å². The van der Waals surface area contributed by atoms with Crippen molar-refractivity contribution >= 4 is 11.9 Å². The molecule has 0 spiro atoms. The van der Waals surface area contributed by atoms with Gasteiger partial charge in [-0.15, -0.1) is 0 Å². The lowest BCUT2D eigenvalue weighted by molar-refractivity contribution is -0.178. The van der Waals surface area contributed by atoms with Crippen LogP contribution in [0.5, 0.6) is 0 Å². The largest absolute Gasteiger partial charge is 0.478 e. The molecule has 1 fully saturated rings. The average Bonchev–Trinajstić information content (AvgIpc) is 2.60. The highest BCUT2D eigenvalue weighted by Gasteiger charge is 2.45. The summed E-state index contributed by atoms with van der Waals surface area (Å²) < 4.78 is 10.2. The molecular formula is C12H14O5. The fraction of sp³-hybridized carbons (Fsp3) is 0.500. The number of carbonyl (C=O) groups excluding carboxylic acids is 1. The van der Waals surface area contributed by atoms with Crippen molar-refractivity contribution in [3.8, 4) is 0 Å². The summed E-state index contributed by atoms with van der Waals surface area (Å²) in [7, 11) is 0. The predicted octanol–water partition coefficient (Wildman–Crippen LogP) is 1.46. The van der Waals surface area contributed by atoms with Crippen molar-refractivity contribution in [2.75, 3.05) is 0 Å². The number of carboxylic acid groups (broad SMARTS) is 1. The van der Waals surface area contributed by atoms with E-state index in [1.807, 2.05) is 0 Å². The van der Waals surface area contributed by atoms with Crippen LogP contribution in [0.2, 0.25) is 0 Å². The van der Waals surface area contributed by atoms with Crippen LogP contribution in [0.4, 0.5) is 0 Å². The zero-order valence-electron chi connectivity index (χ0n) is 9.51. The summed E-state index contributed by atoms with van der Waals surface area (Å²) in [6, 6.07) is 0. The quantitative estimate of drug-likeness (QED) is 0.582. The van der Waals surface area contributed by atoms with Crippen LogP contribution in [0.1, 0.15) is 19.8 Å². The second-order valence-electron chi connectivity index (χ2n) is 4.32. The second kappa shape index (κ2) is 4.24. The maximum Gasteiger partial charge on any atom is 0.334 e.